The van der Waals surface area contributed by atoms with E-state index in [1.165, 1.54) is 64.2 Å². The molecule has 0 bridgehead atoms. The minimum Gasteiger partial charge on any atom is -0.349 e. The topological polar surface area (TPSA) is 58.2 Å². The van der Waals surface area contributed by atoms with Crippen LogP contribution in [-0.4, -0.2) is 23.9 Å². The molecule has 2 fully saturated rings. The summed E-state index contributed by atoms with van der Waals surface area (Å²) in [4.78, 5) is 25.1. The number of carbonyl (C=O) groups excluding carboxylic acids is 2. The summed E-state index contributed by atoms with van der Waals surface area (Å²) in [6, 6.07) is 7.71. The highest BCUT2D eigenvalue weighted by molar-refractivity contribution is 5.98. The number of nitrogens with one attached hydrogen (secondary N) is 2. The van der Waals surface area contributed by atoms with E-state index >= 15 is 0 Å². The van der Waals surface area contributed by atoms with Gasteiger partial charge in [-0.15, -0.1) is 0 Å². The van der Waals surface area contributed by atoms with Crippen molar-refractivity contribution in [1.82, 2.24) is 10.6 Å². The third-order valence-corrected chi connectivity index (χ3v) is 6.29. The van der Waals surface area contributed by atoms with Crippen molar-refractivity contribution in [3.63, 3.8) is 0 Å². The van der Waals surface area contributed by atoms with Gasteiger partial charge >= 0.3 is 0 Å². The van der Waals surface area contributed by atoms with Crippen LogP contribution in [0.15, 0.2) is 24.3 Å². The molecule has 0 radical (unpaired) electrons. The first-order valence-electron chi connectivity index (χ1n) is 11.4. The van der Waals surface area contributed by atoms with Crippen molar-refractivity contribution in [2.45, 2.75) is 102 Å². The molecule has 0 atom stereocenters. The highest BCUT2D eigenvalue weighted by atomic mass is 16.2. The number of carbonyl (C=O) groups is 2. The van der Waals surface area contributed by atoms with Crippen molar-refractivity contribution < 1.29 is 9.59 Å². The lowest BCUT2D eigenvalue weighted by Crippen LogP contribution is -2.36. The maximum atomic E-state index is 12.6. The summed E-state index contributed by atoms with van der Waals surface area (Å²) in [5.41, 5.74) is 1.29. The molecule has 2 aliphatic carbocycles. The summed E-state index contributed by atoms with van der Waals surface area (Å²) in [6.45, 7) is 0. The molecule has 0 saturated heterocycles. The zero-order valence-corrected chi connectivity index (χ0v) is 17.2. The molecule has 3 rings (SSSR count). The predicted molar refractivity (Wildman–Crippen MR) is 114 cm³/mol. The van der Waals surface area contributed by atoms with Crippen molar-refractivity contribution in [2.75, 3.05) is 0 Å². The summed E-state index contributed by atoms with van der Waals surface area (Å²) in [7, 11) is 0. The van der Waals surface area contributed by atoms with Crippen LogP contribution in [0.3, 0.4) is 0 Å². The minimum atomic E-state index is -0.0162. The molecule has 0 spiro atoms. The molecule has 0 unspecified atom stereocenters. The van der Waals surface area contributed by atoms with E-state index in [1.54, 1.807) is 24.3 Å². The van der Waals surface area contributed by atoms with E-state index in [0.717, 1.165) is 25.7 Å². The summed E-state index contributed by atoms with van der Waals surface area (Å²) in [5, 5.41) is 6.38. The molecule has 2 aliphatic rings. The standard InChI is InChI=1S/C24H36N2O2/c27-23(25-21-11-7-3-1-4-8-12-21)19-15-17-20(18-16-19)24(28)26-22-13-9-5-2-6-10-14-22/h15-18,21-22H,1-14H2,(H,25,27)(H,26,28). The highest BCUT2D eigenvalue weighted by Crippen LogP contribution is 2.19. The zero-order chi connectivity index (χ0) is 19.6. The Kier molecular flexibility index (Phi) is 8.38. The van der Waals surface area contributed by atoms with Gasteiger partial charge in [-0.05, 0) is 49.9 Å². The van der Waals surface area contributed by atoms with Crippen LogP contribution in [-0.2, 0) is 0 Å². The van der Waals surface area contributed by atoms with E-state index in [0.29, 0.717) is 11.1 Å². The quantitative estimate of drug-likeness (QED) is 0.733. The van der Waals surface area contributed by atoms with Crippen LogP contribution in [0.1, 0.15) is 111 Å². The minimum absolute atomic E-state index is 0.0162. The van der Waals surface area contributed by atoms with E-state index in [9.17, 15) is 9.59 Å². The number of hydrogen-bond donors (Lipinski definition) is 2. The molecule has 4 heteroatoms. The van der Waals surface area contributed by atoms with E-state index in [1.807, 2.05) is 0 Å². The molecular weight excluding hydrogens is 348 g/mol. The van der Waals surface area contributed by atoms with E-state index in [-0.39, 0.29) is 23.9 Å². The molecule has 2 saturated carbocycles. The van der Waals surface area contributed by atoms with Crippen molar-refractivity contribution >= 4 is 11.8 Å². The molecule has 1 aromatic carbocycles. The fourth-order valence-corrected chi connectivity index (χ4v) is 4.51. The van der Waals surface area contributed by atoms with Gasteiger partial charge in [-0.1, -0.05) is 64.2 Å². The number of rotatable bonds is 4. The lowest BCUT2D eigenvalue weighted by atomic mass is 9.96. The predicted octanol–water partition coefficient (Wildman–Crippen LogP) is 5.37. The summed E-state index contributed by atoms with van der Waals surface area (Å²) >= 11 is 0. The van der Waals surface area contributed by atoms with Gasteiger partial charge in [0.2, 0.25) is 0 Å². The Morgan fingerprint density at radius 3 is 1.14 bits per heavy atom. The monoisotopic (exact) mass is 384 g/mol. The van der Waals surface area contributed by atoms with Gasteiger partial charge in [0.05, 0.1) is 0 Å². The Labute approximate surface area is 169 Å². The molecule has 4 nitrogen and oxygen atoms in total. The van der Waals surface area contributed by atoms with E-state index < -0.39 is 0 Å². The first kappa shape index (κ1) is 20.9. The van der Waals surface area contributed by atoms with E-state index in [2.05, 4.69) is 10.6 Å². The van der Waals surface area contributed by atoms with Crippen LogP contribution >= 0.6 is 0 Å². The summed E-state index contributed by atoms with van der Waals surface area (Å²) < 4.78 is 0. The Morgan fingerprint density at radius 2 is 0.821 bits per heavy atom. The lowest BCUT2D eigenvalue weighted by Gasteiger charge is -2.21. The molecule has 1 aromatic rings. The van der Waals surface area contributed by atoms with Crippen molar-refractivity contribution in [3.05, 3.63) is 35.4 Å². The number of benzene rings is 1. The summed E-state index contributed by atoms with van der Waals surface area (Å²) in [6.07, 6.45) is 16.9. The molecule has 0 aromatic heterocycles. The Balaban J connectivity index is 1.51. The molecule has 2 amide bonds. The van der Waals surface area contributed by atoms with Crippen LogP contribution < -0.4 is 10.6 Å². The van der Waals surface area contributed by atoms with Gasteiger partial charge in [-0.25, -0.2) is 0 Å². The molecule has 2 N–H and O–H groups in total. The van der Waals surface area contributed by atoms with Gasteiger partial charge in [-0.3, -0.25) is 9.59 Å². The average molecular weight is 385 g/mol. The van der Waals surface area contributed by atoms with Gasteiger partial charge in [0, 0.05) is 23.2 Å². The van der Waals surface area contributed by atoms with Crippen molar-refractivity contribution in [2.24, 2.45) is 0 Å². The highest BCUT2D eigenvalue weighted by Gasteiger charge is 2.17. The maximum absolute atomic E-state index is 12.6. The largest absolute Gasteiger partial charge is 0.349 e. The first-order chi connectivity index (χ1) is 13.7. The van der Waals surface area contributed by atoms with Crippen LogP contribution in [0.2, 0.25) is 0 Å². The molecule has 28 heavy (non-hydrogen) atoms. The average Bonchev–Trinajstić information content (AvgIpc) is 2.66. The molecule has 0 aliphatic heterocycles. The van der Waals surface area contributed by atoms with Gasteiger partial charge in [0.1, 0.15) is 0 Å². The summed E-state index contributed by atoms with van der Waals surface area (Å²) in [5.74, 6) is -0.0323. The van der Waals surface area contributed by atoms with Gasteiger partial charge in [0.25, 0.3) is 11.8 Å². The first-order valence-corrected chi connectivity index (χ1v) is 11.4. The Bertz CT molecular complexity index is 555. The number of amides is 2. The normalized spacial score (nSPS) is 20.3. The third kappa shape index (κ3) is 6.65. The second-order valence-corrected chi connectivity index (χ2v) is 8.61. The van der Waals surface area contributed by atoms with Crippen molar-refractivity contribution in [1.29, 1.82) is 0 Å². The van der Waals surface area contributed by atoms with Crippen molar-refractivity contribution in [3.8, 4) is 0 Å². The van der Waals surface area contributed by atoms with Gasteiger partial charge in [-0.2, -0.15) is 0 Å². The van der Waals surface area contributed by atoms with Crippen LogP contribution in [0.4, 0.5) is 0 Å². The fourth-order valence-electron chi connectivity index (χ4n) is 4.51. The lowest BCUT2D eigenvalue weighted by molar-refractivity contribution is 0.0918. The second-order valence-electron chi connectivity index (χ2n) is 8.61. The Morgan fingerprint density at radius 1 is 0.536 bits per heavy atom. The maximum Gasteiger partial charge on any atom is 0.251 e. The number of hydrogen-bond acceptors (Lipinski definition) is 2. The third-order valence-electron chi connectivity index (χ3n) is 6.29. The second kappa shape index (κ2) is 11.2. The molecule has 0 heterocycles. The van der Waals surface area contributed by atoms with Crippen LogP contribution in [0, 0.1) is 0 Å². The van der Waals surface area contributed by atoms with E-state index in [4.69, 9.17) is 0 Å². The Hall–Kier alpha value is -1.84. The zero-order valence-electron chi connectivity index (χ0n) is 17.2. The smallest absolute Gasteiger partial charge is 0.251 e. The SMILES string of the molecule is O=C(NC1CCCCCCC1)c1ccc(C(=O)NC2CCCCCCC2)cc1. The van der Waals surface area contributed by atoms with Gasteiger partial charge in [0.15, 0.2) is 0 Å². The van der Waals surface area contributed by atoms with Gasteiger partial charge < -0.3 is 10.6 Å². The van der Waals surface area contributed by atoms with Crippen LogP contribution in [0.5, 0.6) is 0 Å². The fraction of sp³-hybridized carbons (Fsp3) is 0.667. The molecule has 154 valence electrons. The van der Waals surface area contributed by atoms with Crippen LogP contribution in [0.25, 0.3) is 0 Å². The molecular formula is C24H36N2O2.